The van der Waals surface area contributed by atoms with Crippen LogP contribution in [0.2, 0.25) is 0 Å². The Bertz CT molecular complexity index is 1180. The van der Waals surface area contributed by atoms with Crippen molar-refractivity contribution in [2.24, 2.45) is 5.10 Å². The molecule has 0 aliphatic heterocycles. The van der Waals surface area contributed by atoms with Gasteiger partial charge >= 0.3 is 5.97 Å². The number of non-ortho nitro benzene ring substituents is 1. The molecule has 0 aliphatic carbocycles. The van der Waals surface area contributed by atoms with E-state index in [-0.39, 0.29) is 5.69 Å². The normalized spacial score (nSPS) is 11.6. The second-order valence-electron chi connectivity index (χ2n) is 6.68. The summed E-state index contributed by atoms with van der Waals surface area (Å²) < 4.78 is 11.6. The predicted octanol–water partition coefficient (Wildman–Crippen LogP) is 4.34. The summed E-state index contributed by atoms with van der Waals surface area (Å²) >= 11 is 2.07. The predicted molar refractivity (Wildman–Crippen MR) is 129 cm³/mol. The van der Waals surface area contributed by atoms with Crippen LogP contribution in [-0.4, -0.2) is 29.1 Å². The summed E-state index contributed by atoms with van der Waals surface area (Å²) in [5.41, 5.74) is 3.45. The summed E-state index contributed by atoms with van der Waals surface area (Å²) in [7, 11) is 0. The number of nitro benzene ring substituents is 1. The molecular weight excluding hydrogens is 541 g/mol. The number of esters is 1. The number of hydrazone groups is 1. The van der Waals surface area contributed by atoms with Gasteiger partial charge in [-0.05, 0) is 83.6 Å². The lowest BCUT2D eigenvalue weighted by molar-refractivity contribution is -0.384. The van der Waals surface area contributed by atoms with Crippen LogP contribution in [0.1, 0.15) is 22.8 Å². The monoisotopic (exact) mass is 559 g/mol. The molecule has 33 heavy (non-hydrogen) atoms. The SMILES string of the molecule is CC(Oc1ccc([N+](=O)[O-])cc1)C(=O)N/N=C/c1ccc(OC(=O)c2ccccc2I)cc1. The van der Waals surface area contributed by atoms with E-state index >= 15 is 0 Å². The Morgan fingerprint density at radius 1 is 1.03 bits per heavy atom. The van der Waals surface area contributed by atoms with Gasteiger partial charge in [0.15, 0.2) is 6.10 Å². The van der Waals surface area contributed by atoms with Crippen molar-refractivity contribution in [1.29, 1.82) is 0 Å². The van der Waals surface area contributed by atoms with Crippen LogP contribution in [0.3, 0.4) is 0 Å². The molecule has 1 amide bonds. The third-order valence-corrected chi connectivity index (χ3v) is 5.24. The number of nitrogens with one attached hydrogen (secondary N) is 1. The average Bonchev–Trinajstić information content (AvgIpc) is 2.80. The lowest BCUT2D eigenvalue weighted by Gasteiger charge is -2.12. The van der Waals surface area contributed by atoms with Gasteiger partial charge in [0.05, 0.1) is 16.7 Å². The molecule has 0 spiro atoms. The topological polar surface area (TPSA) is 120 Å². The van der Waals surface area contributed by atoms with Crippen LogP contribution in [0.5, 0.6) is 11.5 Å². The van der Waals surface area contributed by atoms with Gasteiger partial charge in [-0.3, -0.25) is 14.9 Å². The molecule has 1 atom stereocenters. The zero-order valence-corrected chi connectivity index (χ0v) is 19.5. The molecule has 3 aromatic rings. The molecule has 3 rings (SSSR count). The Morgan fingerprint density at radius 2 is 1.67 bits per heavy atom. The largest absolute Gasteiger partial charge is 0.481 e. The molecule has 0 heterocycles. The van der Waals surface area contributed by atoms with Gasteiger partial charge in [0.1, 0.15) is 11.5 Å². The highest BCUT2D eigenvalue weighted by molar-refractivity contribution is 14.1. The van der Waals surface area contributed by atoms with E-state index in [1.54, 1.807) is 36.4 Å². The van der Waals surface area contributed by atoms with E-state index in [1.165, 1.54) is 37.4 Å². The number of ether oxygens (including phenoxy) is 2. The van der Waals surface area contributed by atoms with Crippen molar-refractivity contribution in [2.45, 2.75) is 13.0 Å². The van der Waals surface area contributed by atoms with E-state index in [9.17, 15) is 19.7 Å². The minimum atomic E-state index is -0.869. The lowest BCUT2D eigenvalue weighted by Crippen LogP contribution is -2.33. The second-order valence-corrected chi connectivity index (χ2v) is 7.85. The molecule has 1 unspecified atom stereocenters. The molecule has 10 heteroatoms. The number of benzene rings is 3. The van der Waals surface area contributed by atoms with Gasteiger partial charge in [0.25, 0.3) is 11.6 Å². The van der Waals surface area contributed by atoms with Crippen molar-refractivity contribution >= 4 is 46.4 Å². The number of nitrogens with zero attached hydrogens (tertiary/aromatic N) is 2. The highest BCUT2D eigenvalue weighted by Crippen LogP contribution is 2.19. The Morgan fingerprint density at radius 3 is 2.30 bits per heavy atom. The summed E-state index contributed by atoms with van der Waals surface area (Å²) in [6, 6.07) is 19.2. The van der Waals surface area contributed by atoms with Gasteiger partial charge in [-0.15, -0.1) is 0 Å². The number of hydrogen-bond donors (Lipinski definition) is 1. The number of carbonyl (C=O) groups is 2. The van der Waals surface area contributed by atoms with Crippen LogP contribution in [0.4, 0.5) is 5.69 Å². The number of amides is 1. The lowest BCUT2D eigenvalue weighted by atomic mass is 10.2. The van der Waals surface area contributed by atoms with Gasteiger partial charge in [-0.25, -0.2) is 10.2 Å². The van der Waals surface area contributed by atoms with Crippen LogP contribution in [0.15, 0.2) is 77.9 Å². The van der Waals surface area contributed by atoms with E-state index in [1.807, 2.05) is 12.1 Å². The summed E-state index contributed by atoms with van der Waals surface area (Å²) in [5, 5.41) is 14.6. The molecular formula is C23H18IN3O6. The molecule has 1 N–H and O–H groups in total. The molecule has 0 saturated carbocycles. The van der Waals surface area contributed by atoms with Crippen molar-refractivity contribution in [2.75, 3.05) is 0 Å². The van der Waals surface area contributed by atoms with Crippen molar-refractivity contribution in [3.8, 4) is 11.5 Å². The maximum Gasteiger partial charge on any atom is 0.344 e. The number of nitro groups is 1. The Balaban J connectivity index is 1.50. The molecule has 0 aromatic heterocycles. The number of carbonyl (C=O) groups excluding carboxylic acids is 2. The minimum absolute atomic E-state index is 0.0698. The minimum Gasteiger partial charge on any atom is -0.481 e. The molecule has 0 saturated heterocycles. The second kappa shape index (κ2) is 11.2. The van der Waals surface area contributed by atoms with Crippen LogP contribution < -0.4 is 14.9 Å². The molecule has 0 aliphatic rings. The van der Waals surface area contributed by atoms with Crippen LogP contribution in [0.25, 0.3) is 0 Å². The first-order valence-corrected chi connectivity index (χ1v) is 10.7. The Labute approximate surface area is 202 Å². The third kappa shape index (κ3) is 6.84. The molecule has 0 radical (unpaired) electrons. The van der Waals surface area contributed by atoms with Gasteiger partial charge in [0.2, 0.25) is 0 Å². The maximum atomic E-state index is 12.3. The molecule has 0 bridgehead atoms. The van der Waals surface area contributed by atoms with Gasteiger partial charge in [-0.1, -0.05) is 12.1 Å². The Kier molecular flexibility index (Phi) is 8.08. The van der Waals surface area contributed by atoms with E-state index in [0.29, 0.717) is 22.6 Å². The van der Waals surface area contributed by atoms with E-state index < -0.39 is 22.9 Å². The van der Waals surface area contributed by atoms with Crippen molar-refractivity contribution < 1.29 is 24.0 Å². The van der Waals surface area contributed by atoms with Crippen molar-refractivity contribution in [3.63, 3.8) is 0 Å². The van der Waals surface area contributed by atoms with Gasteiger partial charge < -0.3 is 9.47 Å². The molecule has 9 nitrogen and oxygen atoms in total. The average molecular weight is 559 g/mol. The fourth-order valence-corrected chi connectivity index (χ4v) is 3.18. The van der Waals surface area contributed by atoms with Crippen LogP contribution in [-0.2, 0) is 4.79 Å². The van der Waals surface area contributed by atoms with Crippen molar-refractivity contribution in [1.82, 2.24) is 5.43 Å². The van der Waals surface area contributed by atoms with E-state index in [4.69, 9.17) is 9.47 Å². The van der Waals surface area contributed by atoms with Gasteiger partial charge in [-0.2, -0.15) is 5.10 Å². The van der Waals surface area contributed by atoms with E-state index in [0.717, 1.165) is 3.57 Å². The standard InChI is InChI=1S/C23H18IN3O6/c1-15(32-18-12-8-17(9-13-18)27(30)31)22(28)26-25-14-16-6-10-19(11-7-16)33-23(29)20-4-2-3-5-21(20)24/h2-15H,1H3,(H,26,28)/b25-14+. The number of hydrogen-bond acceptors (Lipinski definition) is 7. The molecule has 3 aromatic carbocycles. The maximum absolute atomic E-state index is 12.3. The Hall–Kier alpha value is -3.80. The highest BCUT2D eigenvalue weighted by Gasteiger charge is 2.15. The summed E-state index contributed by atoms with van der Waals surface area (Å²) in [5.74, 6) is -0.239. The van der Waals surface area contributed by atoms with E-state index in [2.05, 4.69) is 33.1 Å². The van der Waals surface area contributed by atoms with Crippen molar-refractivity contribution in [3.05, 3.63) is 97.6 Å². The first-order chi connectivity index (χ1) is 15.8. The quantitative estimate of drug-likeness (QED) is 0.110. The van der Waals surface area contributed by atoms with Crippen LogP contribution in [0, 0.1) is 13.7 Å². The van der Waals surface area contributed by atoms with Crippen LogP contribution >= 0.6 is 22.6 Å². The zero-order chi connectivity index (χ0) is 23.8. The molecule has 0 fully saturated rings. The third-order valence-electron chi connectivity index (χ3n) is 4.30. The first-order valence-electron chi connectivity index (χ1n) is 9.64. The van der Waals surface area contributed by atoms with Gasteiger partial charge in [0, 0.05) is 15.7 Å². The highest BCUT2D eigenvalue weighted by atomic mass is 127. The number of halogens is 1. The fraction of sp³-hybridized carbons (Fsp3) is 0.0870. The summed E-state index contributed by atoms with van der Waals surface area (Å²) in [4.78, 5) is 34.6. The summed E-state index contributed by atoms with van der Waals surface area (Å²) in [6.45, 7) is 1.53. The number of rotatable bonds is 8. The fourth-order valence-electron chi connectivity index (χ4n) is 2.58. The smallest absolute Gasteiger partial charge is 0.344 e. The summed E-state index contributed by atoms with van der Waals surface area (Å²) in [6.07, 6.45) is 0.563. The molecule has 168 valence electrons. The first kappa shape index (κ1) is 23.9. The zero-order valence-electron chi connectivity index (χ0n) is 17.3.